The van der Waals surface area contributed by atoms with Gasteiger partial charge in [-0.3, -0.25) is 4.40 Å². The van der Waals surface area contributed by atoms with E-state index in [1.54, 1.807) is 6.07 Å². The van der Waals surface area contributed by atoms with E-state index in [1.165, 1.54) is 11.0 Å². The lowest BCUT2D eigenvalue weighted by atomic mass is 9.93. The van der Waals surface area contributed by atoms with E-state index in [9.17, 15) is 14.3 Å². The van der Waals surface area contributed by atoms with Crippen molar-refractivity contribution in [2.45, 2.75) is 39.2 Å². The normalized spacial score (nSPS) is 15.1. The second kappa shape index (κ2) is 8.79. The minimum atomic E-state index is -0.895. The number of carboxylic acid groups (broad SMARTS) is 1. The fourth-order valence-corrected chi connectivity index (χ4v) is 4.82. The first kappa shape index (κ1) is 23.0. The van der Waals surface area contributed by atoms with E-state index in [-0.39, 0.29) is 11.7 Å². The van der Waals surface area contributed by atoms with Crippen molar-refractivity contribution in [3.63, 3.8) is 0 Å². The third-order valence-electron chi connectivity index (χ3n) is 6.72. The molecule has 0 aliphatic carbocycles. The fourth-order valence-electron chi connectivity index (χ4n) is 4.82. The summed E-state index contributed by atoms with van der Waals surface area (Å²) in [5.41, 5.74) is 2.42. The van der Waals surface area contributed by atoms with Crippen LogP contribution >= 0.6 is 0 Å². The molecule has 35 heavy (non-hydrogen) atoms. The largest absolute Gasteiger partial charge is 0.465 e. The maximum atomic E-state index is 14.6. The van der Waals surface area contributed by atoms with E-state index in [2.05, 4.69) is 15.1 Å². The molecule has 1 N–H and O–H groups in total. The summed E-state index contributed by atoms with van der Waals surface area (Å²) >= 11 is 0. The Morgan fingerprint density at radius 3 is 2.63 bits per heavy atom. The third kappa shape index (κ3) is 4.50. The van der Waals surface area contributed by atoms with Gasteiger partial charge in [0, 0.05) is 36.8 Å². The summed E-state index contributed by atoms with van der Waals surface area (Å²) in [5, 5.41) is 18.9. The molecule has 0 atom stereocenters. The van der Waals surface area contributed by atoms with Gasteiger partial charge in [-0.1, -0.05) is 12.1 Å². The van der Waals surface area contributed by atoms with Gasteiger partial charge in [-0.15, -0.1) is 10.2 Å². The maximum absolute atomic E-state index is 14.6. The van der Waals surface area contributed by atoms with Gasteiger partial charge in [-0.05, 0) is 69.9 Å². The van der Waals surface area contributed by atoms with E-state index in [0.29, 0.717) is 31.2 Å². The Labute approximate surface area is 203 Å². The highest BCUT2D eigenvalue weighted by Crippen LogP contribution is 2.33. The van der Waals surface area contributed by atoms with Crippen LogP contribution in [0.3, 0.4) is 0 Å². The lowest BCUT2D eigenvalue weighted by molar-refractivity contribution is 0.0852. The molecule has 182 valence electrons. The molecule has 1 aliphatic rings. The molecule has 0 saturated carbocycles. The number of hydrogen-bond acceptors (Lipinski definition) is 5. The molecule has 3 aromatic heterocycles. The molecule has 1 aliphatic heterocycles. The molecule has 1 fully saturated rings. The van der Waals surface area contributed by atoms with E-state index in [0.717, 1.165) is 35.1 Å². The van der Waals surface area contributed by atoms with Crippen molar-refractivity contribution in [1.29, 1.82) is 0 Å². The van der Waals surface area contributed by atoms with Crippen molar-refractivity contribution in [2.75, 3.05) is 24.5 Å². The number of anilines is 1. The van der Waals surface area contributed by atoms with Crippen LogP contribution in [0.1, 0.15) is 33.6 Å². The molecule has 8 nitrogen and oxygen atoms in total. The van der Waals surface area contributed by atoms with Gasteiger partial charge >= 0.3 is 6.09 Å². The van der Waals surface area contributed by atoms with Crippen LogP contribution in [0.15, 0.2) is 48.7 Å². The molecule has 0 bridgehead atoms. The summed E-state index contributed by atoms with van der Waals surface area (Å²) in [4.78, 5) is 20.3. The lowest BCUT2D eigenvalue weighted by Crippen LogP contribution is -2.49. The third-order valence-corrected chi connectivity index (χ3v) is 6.72. The summed E-state index contributed by atoms with van der Waals surface area (Å²) < 4.78 is 16.4. The van der Waals surface area contributed by atoms with E-state index in [4.69, 9.17) is 4.98 Å². The molecule has 4 heterocycles. The summed E-state index contributed by atoms with van der Waals surface area (Å²) in [7, 11) is 0. The number of benzene rings is 1. The highest BCUT2D eigenvalue weighted by Gasteiger charge is 2.31. The summed E-state index contributed by atoms with van der Waals surface area (Å²) in [6, 6.07) is 12.5. The van der Waals surface area contributed by atoms with Crippen molar-refractivity contribution < 1.29 is 14.3 Å². The number of aromatic nitrogens is 4. The molecular formula is C26H29FN6O2. The number of nitrogens with zero attached hydrogens (tertiary/aromatic N) is 6. The predicted octanol–water partition coefficient (Wildman–Crippen LogP) is 5.08. The second-order valence-electron chi connectivity index (χ2n) is 10.1. The Kier molecular flexibility index (Phi) is 5.78. The molecule has 0 radical (unpaired) electrons. The number of rotatable bonds is 4. The van der Waals surface area contributed by atoms with Crippen LogP contribution < -0.4 is 4.90 Å². The van der Waals surface area contributed by atoms with Crippen LogP contribution in [0, 0.1) is 11.7 Å². The average molecular weight is 477 g/mol. The number of hydrogen-bond donors (Lipinski definition) is 1. The zero-order valence-electron chi connectivity index (χ0n) is 20.1. The summed E-state index contributed by atoms with van der Waals surface area (Å²) in [6.07, 6.45) is 2.65. The SMILES string of the molecule is CC(C)(C)N(CC1CCN(c2cc(F)cc3ccc(-c4nnc5ccccn45)nc23)CC1)C(=O)O. The smallest absolute Gasteiger partial charge is 0.407 e. The Balaban J connectivity index is 1.43. The zero-order chi connectivity index (χ0) is 24.7. The van der Waals surface area contributed by atoms with Crippen LogP contribution in [-0.2, 0) is 0 Å². The molecule has 5 rings (SSSR count). The van der Waals surface area contributed by atoms with Crippen molar-refractivity contribution >= 4 is 28.3 Å². The van der Waals surface area contributed by atoms with Gasteiger partial charge in [0.05, 0.1) is 11.2 Å². The van der Waals surface area contributed by atoms with Crippen molar-refractivity contribution in [3.8, 4) is 11.5 Å². The number of amides is 1. The average Bonchev–Trinajstić information content (AvgIpc) is 3.25. The topological polar surface area (TPSA) is 86.9 Å². The molecule has 1 amide bonds. The summed E-state index contributed by atoms with van der Waals surface area (Å²) in [5.74, 6) is 0.585. The maximum Gasteiger partial charge on any atom is 0.407 e. The number of piperidine rings is 1. The molecule has 1 saturated heterocycles. The van der Waals surface area contributed by atoms with Gasteiger partial charge in [-0.2, -0.15) is 0 Å². The number of fused-ring (bicyclic) bond motifs is 2. The summed E-state index contributed by atoms with van der Waals surface area (Å²) in [6.45, 7) is 7.66. The highest BCUT2D eigenvalue weighted by atomic mass is 19.1. The van der Waals surface area contributed by atoms with Crippen LogP contribution in [0.4, 0.5) is 14.9 Å². The fraction of sp³-hybridized carbons (Fsp3) is 0.385. The van der Waals surface area contributed by atoms with E-state index < -0.39 is 11.6 Å². The Morgan fingerprint density at radius 2 is 1.91 bits per heavy atom. The van der Waals surface area contributed by atoms with Crippen LogP contribution in [0.5, 0.6) is 0 Å². The van der Waals surface area contributed by atoms with E-state index in [1.807, 2.05) is 61.7 Å². The van der Waals surface area contributed by atoms with Crippen LogP contribution in [0.25, 0.3) is 28.1 Å². The Bertz CT molecular complexity index is 1390. The lowest BCUT2D eigenvalue weighted by Gasteiger charge is -2.39. The molecular weight excluding hydrogens is 447 g/mol. The first-order chi connectivity index (χ1) is 16.7. The minimum Gasteiger partial charge on any atom is -0.465 e. The quantitative estimate of drug-likeness (QED) is 0.442. The van der Waals surface area contributed by atoms with Crippen molar-refractivity contribution in [2.24, 2.45) is 5.92 Å². The van der Waals surface area contributed by atoms with Gasteiger partial charge in [0.1, 0.15) is 11.5 Å². The molecule has 0 unspecified atom stereocenters. The van der Waals surface area contributed by atoms with Gasteiger partial charge in [0.15, 0.2) is 11.5 Å². The molecule has 9 heteroatoms. The van der Waals surface area contributed by atoms with Gasteiger partial charge < -0.3 is 14.9 Å². The molecule has 1 aromatic carbocycles. The van der Waals surface area contributed by atoms with Crippen molar-refractivity contribution in [1.82, 2.24) is 24.5 Å². The predicted molar refractivity (Wildman–Crippen MR) is 133 cm³/mol. The Morgan fingerprint density at radius 1 is 1.14 bits per heavy atom. The Hall–Kier alpha value is -3.75. The van der Waals surface area contributed by atoms with Gasteiger partial charge in [0.2, 0.25) is 0 Å². The number of halogens is 1. The monoisotopic (exact) mass is 476 g/mol. The highest BCUT2D eigenvalue weighted by molar-refractivity contribution is 5.92. The van der Waals surface area contributed by atoms with Crippen LogP contribution in [-0.4, -0.2) is 60.9 Å². The molecule has 0 spiro atoms. The minimum absolute atomic E-state index is 0.257. The number of carbonyl (C=O) groups is 1. The van der Waals surface area contributed by atoms with E-state index >= 15 is 0 Å². The van der Waals surface area contributed by atoms with Crippen LogP contribution in [0.2, 0.25) is 0 Å². The first-order valence-electron chi connectivity index (χ1n) is 11.9. The second-order valence-corrected chi connectivity index (χ2v) is 10.1. The zero-order valence-corrected chi connectivity index (χ0v) is 20.1. The first-order valence-corrected chi connectivity index (χ1v) is 11.9. The van der Waals surface area contributed by atoms with Gasteiger partial charge in [0.25, 0.3) is 0 Å². The number of pyridine rings is 2. The standard InChI is InChI=1S/C26H29FN6O2/c1-26(2,3)33(25(34)35)16-17-9-12-31(13-10-17)21-15-19(27)14-18-7-8-20(28-23(18)21)24-30-29-22-6-4-5-11-32(22)24/h4-8,11,14-15,17H,9-10,12-13,16H2,1-3H3,(H,34,35). The molecule has 4 aromatic rings. The van der Waals surface area contributed by atoms with Gasteiger partial charge in [-0.25, -0.2) is 14.2 Å². The van der Waals surface area contributed by atoms with Crippen molar-refractivity contribution in [3.05, 3.63) is 54.5 Å².